The molecule has 0 aliphatic carbocycles. The number of nitrogens with one attached hydrogen (secondary N) is 1. The largest absolute Gasteiger partial charge is 0.381 e. The second kappa shape index (κ2) is 6.81. The molecule has 3 nitrogen and oxygen atoms in total. The van der Waals surface area contributed by atoms with Crippen molar-refractivity contribution in [3.63, 3.8) is 0 Å². The van der Waals surface area contributed by atoms with Crippen LogP contribution in [-0.4, -0.2) is 45.2 Å². The predicted molar refractivity (Wildman–Crippen MR) is 91.8 cm³/mol. The summed E-state index contributed by atoms with van der Waals surface area (Å²) in [4.78, 5) is 4.59. The van der Waals surface area contributed by atoms with Gasteiger partial charge in [-0.3, -0.25) is 0 Å². The number of nitrogens with zero attached hydrogens (tertiary/aromatic N) is 2. The molecule has 1 aliphatic rings. The minimum absolute atomic E-state index is 0.511. The van der Waals surface area contributed by atoms with Gasteiger partial charge in [-0.05, 0) is 64.0 Å². The van der Waals surface area contributed by atoms with Gasteiger partial charge < -0.3 is 15.1 Å². The van der Waals surface area contributed by atoms with Crippen LogP contribution in [-0.2, 0) is 0 Å². The Kier molecular flexibility index (Phi) is 5.33. The van der Waals surface area contributed by atoms with Gasteiger partial charge in [-0.15, -0.1) is 0 Å². The minimum atomic E-state index is 0.511. The molecular formula is C16H26BrN3. The van der Waals surface area contributed by atoms with Crippen LogP contribution in [0.2, 0.25) is 0 Å². The van der Waals surface area contributed by atoms with Gasteiger partial charge in [0.2, 0.25) is 0 Å². The number of hydrogen-bond donors (Lipinski definition) is 1. The summed E-state index contributed by atoms with van der Waals surface area (Å²) in [5, 5.41) is 3.73. The van der Waals surface area contributed by atoms with E-state index in [0.717, 1.165) is 10.4 Å². The zero-order valence-corrected chi connectivity index (χ0v) is 14.6. The van der Waals surface area contributed by atoms with Gasteiger partial charge in [0.25, 0.3) is 0 Å². The second-order valence-corrected chi connectivity index (χ2v) is 7.05. The van der Waals surface area contributed by atoms with Gasteiger partial charge in [-0.1, -0.05) is 15.9 Å². The number of rotatable bonds is 4. The molecule has 1 aromatic carbocycles. The number of halogens is 1. The average Bonchev–Trinajstić information content (AvgIpc) is 2.39. The molecule has 2 rings (SSSR count). The van der Waals surface area contributed by atoms with Gasteiger partial charge >= 0.3 is 0 Å². The summed E-state index contributed by atoms with van der Waals surface area (Å²) in [5.41, 5.74) is 2.46. The average molecular weight is 340 g/mol. The van der Waals surface area contributed by atoms with E-state index < -0.39 is 0 Å². The molecule has 1 heterocycles. The van der Waals surface area contributed by atoms with Crippen molar-refractivity contribution in [1.82, 2.24) is 4.90 Å². The molecule has 0 saturated carbocycles. The number of anilines is 2. The van der Waals surface area contributed by atoms with Crippen LogP contribution >= 0.6 is 15.9 Å². The molecule has 0 bridgehead atoms. The van der Waals surface area contributed by atoms with Crippen LogP contribution in [0.25, 0.3) is 0 Å². The highest BCUT2D eigenvalue weighted by Gasteiger charge is 2.22. The Bertz CT molecular complexity index is 439. The number of benzene rings is 1. The van der Waals surface area contributed by atoms with Crippen LogP contribution in [0.1, 0.15) is 19.8 Å². The maximum atomic E-state index is 3.73. The van der Waals surface area contributed by atoms with Gasteiger partial charge in [0, 0.05) is 24.6 Å². The van der Waals surface area contributed by atoms with Crippen molar-refractivity contribution in [2.75, 3.05) is 44.4 Å². The van der Waals surface area contributed by atoms with Crippen LogP contribution in [0.3, 0.4) is 0 Å². The highest BCUT2D eigenvalue weighted by Crippen LogP contribution is 2.30. The van der Waals surface area contributed by atoms with Crippen molar-refractivity contribution >= 4 is 27.3 Å². The molecule has 20 heavy (non-hydrogen) atoms. The molecule has 1 aliphatic heterocycles. The first-order chi connectivity index (χ1) is 9.47. The smallest absolute Gasteiger partial charge is 0.0597 e. The fraction of sp³-hybridized carbons (Fsp3) is 0.625. The monoisotopic (exact) mass is 339 g/mol. The lowest BCUT2D eigenvalue weighted by Gasteiger charge is -2.34. The van der Waals surface area contributed by atoms with Crippen molar-refractivity contribution in [1.29, 1.82) is 0 Å². The van der Waals surface area contributed by atoms with Gasteiger partial charge in [0.05, 0.1) is 11.4 Å². The van der Waals surface area contributed by atoms with Gasteiger partial charge in [0.15, 0.2) is 0 Å². The summed E-state index contributed by atoms with van der Waals surface area (Å²) < 4.78 is 1.13. The molecule has 1 saturated heterocycles. The summed E-state index contributed by atoms with van der Waals surface area (Å²) in [6, 6.07) is 6.95. The predicted octanol–water partition coefficient (Wildman–Crippen LogP) is 3.66. The van der Waals surface area contributed by atoms with E-state index in [1.807, 2.05) is 0 Å². The van der Waals surface area contributed by atoms with E-state index in [0.29, 0.717) is 6.04 Å². The van der Waals surface area contributed by atoms with Crippen molar-refractivity contribution in [2.24, 2.45) is 5.92 Å². The molecule has 0 radical (unpaired) electrons. The highest BCUT2D eigenvalue weighted by molar-refractivity contribution is 9.10. The number of likely N-dealkylation sites (tertiary alicyclic amines) is 1. The topological polar surface area (TPSA) is 18.5 Å². The zero-order valence-electron chi connectivity index (χ0n) is 13.0. The molecule has 0 amide bonds. The molecule has 1 atom stereocenters. The zero-order chi connectivity index (χ0) is 14.7. The SMILES string of the molecule is CC(Nc1cc(Br)ccc1N(C)C)C1CCN(C)CC1. The summed E-state index contributed by atoms with van der Waals surface area (Å²) >= 11 is 3.57. The first-order valence-corrected chi connectivity index (χ1v) is 8.18. The summed E-state index contributed by atoms with van der Waals surface area (Å²) in [5.74, 6) is 0.764. The molecule has 1 fully saturated rings. The first kappa shape index (κ1) is 15.6. The molecule has 1 aromatic rings. The Morgan fingerprint density at radius 3 is 2.55 bits per heavy atom. The number of hydrogen-bond acceptors (Lipinski definition) is 3. The molecule has 0 aromatic heterocycles. The van der Waals surface area contributed by atoms with Crippen LogP contribution in [0, 0.1) is 5.92 Å². The summed E-state index contributed by atoms with van der Waals surface area (Å²) in [6.07, 6.45) is 2.58. The molecule has 112 valence electrons. The van der Waals surface area contributed by atoms with Crippen molar-refractivity contribution in [3.05, 3.63) is 22.7 Å². The Hall–Kier alpha value is -0.740. The lowest BCUT2D eigenvalue weighted by atomic mass is 9.90. The second-order valence-electron chi connectivity index (χ2n) is 6.13. The quantitative estimate of drug-likeness (QED) is 0.903. The molecule has 1 unspecified atom stereocenters. The van der Waals surface area contributed by atoms with E-state index in [1.54, 1.807) is 0 Å². The maximum absolute atomic E-state index is 3.73. The first-order valence-electron chi connectivity index (χ1n) is 7.39. The Morgan fingerprint density at radius 2 is 1.95 bits per heavy atom. The van der Waals surface area contributed by atoms with Crippen LogP contribution in [0.4, 0.5) is 11.4 Å². The lowest BCUT2D eigenvalue weighted by Crippen LogP contribution is -2.37. The lowest BCUT2D eigenvalue weighted by molar-refractivity contribution is 0.208. The Labute approximate surface area is 131 Å². The van der Waals surface area contributed by atoms with Crippen molar-refractivity contribution in [2.45, 2.75) is 25.8 Å². The molecule has 4 heteroatoms. The third-order valence-electron chi connectivity index (χ3n) is 4.29. The number of piperidine rings is 1. The molecular weight excluding hydrogens is 314 g/mol. The van der Waals surface area contributed by atoms with Crippen LogP contribution in [0.5, 0.6) is 0 Å². The van der Waals surface area contributed by atoms with Gasteiger partial charge in [0.1, 0.15) is 0 Å². The Balaban J connectivity index is 2.07. The summed E-state index contributed by atoms with van der Waals surface area (Å²) in [6.45, 7) is 4.75. The van der Waals surface area contributed by atoms with Gasteiger partial charge in [-0.25, -0.2) is 0 Å². The van der Waals surface area contributed by atoms with E-state index in [2.05, 4.69) is 77.3 Å². The fourth-order valence-corrected chi connectivity index (χ4v) is 3.27. The van der Waals surface area contributed by atoms with Gasteiger partial charge in [-0.2, -0.15) is 0 Å². The van der Waals surface area contributed by atoms with E-state index in [4.69, 9.17) is 0 Å². The third kappa shape index (κ3) is 3.89. The summed E-state index contributed by atoms with van der Waals surface area (Å²) in [7, 11) is 6.40. The molecule has 0 spiro atoms. The highest BCUT2D eigenvalue weighted by atomic mass is 79.9. The van der Waals surface area contributed by atoms with Crippen LogP contribution < -0.4 is 10.2 Å². The van der Waals surface area contributed by atoms with E-state index in [9.17, 15) is 0 Å². The van der Waals surface area contributed by atoms with Crippen LogP contribution in [0.15, 0.2) is 22.7 Å². The Morgan fingerprint density at radius 1 is 1.30 bits per heavy atom. The van der Waals surface area contributed by atoms with E-state index in [1.165, 1.54) is 37.3 Å². The molecule has 1 N–H and O–H groups in total. The fourth-order valence-electron chi connectivity index (χ4n) is 2.91. The standard InChI is InChI=1S/C16H26BrN3/c1-12(13-7-9-20(4)10-8-13)18-15-11-14(17)5-6-16(15)19(2)3/h5-6,11-13,18H,7-10H2,1-4H3. The van der Waals surface area contributed by atoms with E-state index >= 15 is 0 Å². The van der Waals surface area contributed by atoms with Crippen molar-refractivity contribution in [3.8, 4) is 0 Å². The van der Waals surface area contributed by atoms with Crippen molar-refractivity contribution < 1.29 is 0 Å². The minimum Gasteiger partial charge on any atom is -0.381 e. The third-order valence-corrected chi connectivity index (χ3v) is 4.79. The van der Waals surface area contributed by atoms with E-state index in [-0.39, 0.29) is 0 Å². The maximum Gasteiger partial charge on any atom is 0.0597 e. The normalized spacial score (nSPS) is 18.9.